The molecule has 0 aromatic rings. The number of ketones is 1. The van der Waals surface area contributed by atoms with Crippen molar-refractivity contribution in [3.63, 3.8) is 0 Å². The highest BCUT2D eigenvalue weighted by Gasteiger charge is 2.23. The van der Waals surface area contributed by atoms with E-state index in [1.165, 1.54) is 12.8 Å². The standard InChI is InChI=1S/C11H15OS/c1-2-3-8-13-9-11(12)10-6-4-5-7-10/h4-7H,2-3,8-9H2,1H3. The van der Waals surface area contributed by atoms with E-state index in [4.69, 9.17) is 0 Å². The lowest BCUT2D eigenvalue weighted by Crippen LogP contribution is -2.12. The Kier molecular flexibility index (Phi) is 5.52. The lowest BCUT2D eigenvalue weighted by atomic mass is 10.0. The van der Waals surface area contributed by atoms with Crippen LogP contribution in [-0.4, -0.2) is 17.3 Å². The summed E-state index contributed by atoms with van der Waals surface area (Å²) in [5.74, 6) is 2.84. The van der Waals surface area contributed by atoms with Gasteiger partial charge in [-0.3, -0.25) is 4.79 Å². The maximum Gasteiger partial charge on any atom is 0.150 e. The predicted molar refractivity (Wildman–Crippen MR) is 57.7 cm³/mol. The molecule has 1 aliphatic carbocycles. The highest BCUT2D eigenvalue weighted by atomic mass is 32.2. The summed E-state index contributed by atoms with van der Waals surface area (Å²) in [7, 11) is 0. The van der Waals surface area contributed by atoms with Crippen molar-refractivity contribution < 1.29 is 4.79 Å². The van der Waals surface area contributed by atoms with Crippen molar-refractivity contribution in [2.75, 3.05) is 11.5 Å². The molecule has 0 bridgehead atoms. The summed E-state index contributed by atoms with van der Waals surface area (Å²) in [6.07, 6.45) is 9.98. The summed E-state index contributed by atoms with van der Waals surface area (Å²) in [6, 6.07) is 0. The van der Waals surface area contributed by atoms with Gasteiger partial charge in [-0.2, -0.15) is 11.8 Å². The molecule has 1 fully saturated rings. The van der Waals surface area contributed by atoms with Crippen LogP contribution in [0, 0.1) is 31.6 Å². The molecule has 5 radical (unpaired) electrons. The molecular weight excluding hydrogens is 180 g/mol. The lowest BCUT2D eigenvalue weighted by molar-refractivity contribution is -0.114. The third-order valence-corrected chi connectivity index (χ3v) is 2.90. The van der Waals surface area contributed by atoms with Gasteiger partial charge in [-0.1, -0.05) is 13.3 Å². The summed E-state index contributed by atoms with van der Waals surface area (Å²) < 4.78 is 0. The molecule has 1 rings (SSSR count). The first kappa shape index (κ1) is 11.1. The molecule has 71 valence electrons. The minimum atomic E-state index is 0.256. The molecule has 0 spiro atoms. The second-order valence-electron chi connectivity index (χ2n) is 3.00. The number of thioether (sulfide) groups is 1. The van der Waals surface area contributed by atoms with Crippen LogP contribution in [0.4, 0.5) is 0 Å². The fourth-order valence-corrected chi connectivity index (χ4v) is 2.04. The van der Waals surface area contributed by atoms with Crippen LogP contribution in [0.2, 0.25) is 0 Å². The molecule has 0 atom stereocenters. The molecule has 0 saturated heterocycles. The normalized spacial score (nSPS) is 17.9. The Morgan fingerprint density at radius 2 is 2.08 bits per heavy atom. The molecule has 0 N–H and O–H groups in total. The third kappa shape index (κ3) is 4.17. The van der Waals surface area contributed by atoms with Crippen LogP contribution < -0.4 is 0 Å². The van der Waals surface area contributed by atoms with Crippen molar-refractivity contribution in [2.45, 2.75) is 19.8 Å². The van der Waals surface area contributed by atoms with Gasteiger partial charge in [0.05, 0.1) is 5.75 Å². The molecule has 0 unspecified atom stereocenters. The van der Waals surface area contributed by atoms with E-state index >= 15 is 0 Å². The smallest absolute Gasteiger partial charge is 0.150 e. The quantitative estimate of drug-likeness (QED) is 0.606. The zero-order chi connectivity index (χ0) is 9.52. The summed E-state index contributed by atoms with van der Waals surface area (Å²) in [6.45, 7) is 2.17. The maximum atomic E-state index is 11.4. The summed E-state index contributed by atoms with van der Waals surface area (Å²) in [5.41, 5.74) is 0. The Balaban J connectivity index is 2.03. The summed E-state index contributed by atoms with van der Waals surface area (Å²) in [4.78, 5) is 11.4. The molecule has 1 nitrogen and oxygen atoms in total. The minimum absolute atomic E-state index is 0.256. The van der Waals surface area contributed by atoms with E-state index in [0.29, 0.717) is 5.75 Å². The van der Waals surface area contributed by atoms with E-state index in [1.54, 1.807) is 11.8 Å². The van der Waals surface area contributed by atoms with E-state index in [-0.39, 0.29) is 5.78 Å². The first-order valence-corrected chi connectivity index (χ1v) is 5.82. The SMILES string of the molecule is CCCCSCC(=O)[C]1[CH][CH][CH][CH]1. The fourth-order valence-electron chi connectivity index (χ4n) is 1.05. The molecule has 0 aliphatic heterocycles. The van der Waals surface area contributed by atoms with E-state index in [1.807, 2.05) is 25.7 Å². The predicted octanol–water partition coefficient (Wildman–Crippen LogP) is 2.49. The van der Waals surface area contributed by atoms with Crippen LogP contribution >= 0.6 is 11.8 Å². The largest absolute Gasteiger partial charge is 0.298 e. The van der Waals surface area contributed by atoms with Gasteiger partial charge in [0, 0.05) is 5.92 Å². The molecule has 0 aromatic heterocycles. The van der Waals surface area contributed by atoms with E-state index in [2.05, 4.69) is 6.92 Å². The summed E-state index contributed by atoms with van der Waals surface area (Å²) >= 11 is 1.73. The van der Waals surface area contributed by atoms with Crippen molar-refractivity contribution in [3.8, 4) is 0 Å². The Morgan fingerprint density at radius 1 is 1.38 bits per heavy atom. The number of hydrogen-bond donors (Lipinski definition) is 0. The van der Waals surface area contributed by atoms with Crippen LogP contribution in [0.5, 0.6) is 0 Å². The average Bonchev–Trinajstić information content (AvgIpc) is 2.65. The number of rotatable bonds is 6. The van der Waals surface area contributed by atoms with Gasteiger partial charge in [-0.05, 0) is 37.9 Å². The fraction of sp³-hybridized carbons (Fsp3) is 0.455. The number of carbonyl (C=O) groups is 1. The molecular formula is C11H15OS. The number of carbonyl (C=O) groups excluding carboxylic acids is 1. The molecule has 0 heterocycles. The maximum absolute atomic E-state index is 11.4. The molecule has 2 heteroatoms. The van der Waals surface area contributed by atoms with Gasteiger partial charge in [-0.25, -0.2) is 0 Å². The van der Waals surface area contributed by atoms with E-state index in [0.717, 1.165) is 11.7 Å². The van der Waals surface area contributed by atoms with Crippen LogP contribution in [0.3, 0.4) is 0 Å². The second-order valence-corrected chi connectivity index (χ2v) is 4.11. The molecule has 1 saturated carbocycles. The van der Waals surface area contributed by atoms with Crippen molar-refractivity contribution >= 4 is 17.5 Å². The minimum Gasteiger partial charge on any atom is -0.298 e. The molecule has 0 aromatic carbocycles. The van der Waals surface area contributed by atoms with Gasteiger partial charge in [-0.15, -0.1) is 0 Å². The van der Waals surface area contributed by atoms with E-state index < -0.39 is 0 Å². The van der Waals surface area contributed by atoms with Gasteiger partial charge in [0.15, 0.2) is 0 Å². The highest BCUT2D eigenvalue weighted by molar-refractivity contribution is 7.99. The molecule has 13 heavy (non-hydrogen) atoms. The average molecular weight is 195 g/mol. The number of hydrogen-bond acceptors (Lipinski definition) is 2. The first-order chi connectivity index (χ1) is 6.34. The van der Waals surface area contributed by atoms with Crippen LogP contribution in [0.1, 0.15) is 19.8 Å². The van der Waals surface area contributed by atoms with Gasteiger partial charge in [0.1, 0.15) is 5.78 Å². The Morgan fingerprint density at radius 3 is 2.69 bits per heavy atom. The van der Waals surface area contributed by atoms with E-state index in [9.17, 15) is 4.79 Å². The number of unbranched alkanes of at least 4 members (excludes halogenated alkanes) is 1. The highest BCUT2D eigenvalue weighted by Crippen LogP contribution is 2.25. The Bertz CT molecular complexity index is 150. The van der Waals surface area contributed by atoms with Gasteiger partial charge >= 0.3 is 0 Å². The topological polar surface area (TPSA) is 17.1 Å². The van der Waals surface area contributed by atoms with Crippen molar-refractivity contribution in [1.29, 1.82) is 0 Å². The van der Waals surface area contributed by atoms with Crippen molar-refractivity contribution in [1.82, 2.24) is 0 Å². The molecule has 1 aliphatic rings. The van der Waals surface area contributed by atoms with Crippen LogP contribution in [-0.2, 0) is 4.79 Å². The Labute approximate surface area is 85.7 Å². The van der Waals surface area contributed by atoms with Crippen LogP contribution in [0.15, 0.2) is 0 Å². The van der Waals surface area contributed by atoms with Crippen LogP contribution in [0.25, 0.3) is 0 Å². The Hall–Kier alpha value is 0.0200. The van der Waals surface area contributed by atoms with Gasteiger partial charge in [0.25, 0.3) is 0 Å². The first-order valence-electron chi connectivity index (χ1n) is 4.67. The van der Waals surface area contributed by atoms with Crippen molar-refractivity contribution in [3.05, 3.63) is 31.6 Å². The third-order valence-electron chi connectivity index (χ3n) is 1.86. The zero-order valence-corrected chi connectivity index (χ0v) is 8.77. The van der Waals surface area contributed by atoms with Gasteiger partial charge < -0.3 is 0 Å². The summed E-state index contributed by atoms with van der Waals surface area (Å²) in [5, 5.41) is 0. The lowest BCUT2D eigenvalue weighted by Gasteiger charge is -2.05. The zero-order valence-electron chi connectivity index (χ0n) is 7.95. The second kappa shape index (κ2) is 6.47. The van der Waals surface area contributed by atoms with Gasteiger partial charge in [0.2, 0.25) is 0 Å². The monoisotopic (exact) mass is 195 g/mol. The number of Topliss-reactive ketones (excluding diaryl/α,β-unsaturated/α-hetero) is 1. The molecule has 0 amide bonds. The van der Waals surface area contributed by atoms with Crippen molar-refractivity contribution in [2.24, 2.45) is 0 Å².